The van der Waals surface area contributed by atoms with Gasteiger partial charge in [0.05, 0.1) is 16.9 Å². The average Bonchev–Trinajstić information content (AvgIpc) is 2.72. The first kappa shape index (κ1) is 9.03. The van der Waals surface area contributed by atoms with Crippen LogP contribution in [0.25, 0.3) is 22.2 Å². The summed E-state index contributed by atoms with van der Waals surface area (Å²) in [4.78, 5) is 8.12. The van der Waals surface area contributed by atoms with E-state index in [1.165, 1.54) is 0 Å². The molecule has 78 valence electrons. The number of nitrogens with zero attached hydrogens (tertiary/aromatic N) is 3. The normalized spacial score (nSPS) is 10.8. The summed E-state index contributed by atoms with van der Waals surface area (Å²) < 4.78 is 0. The van der Waals surface area contributed by atoms with Gasteiger partial charge in [0.2, 0.25) is 0 Å². The summed E-state index contributed by atoms with van der Waals surface area (Å²) >= 11 is 0. The van der Waals surface area contributed by atoms with Crippen molar-refractivity contribution in [3.8, 4) is 11.3 Å². The highest BCUT2D eigenvalue weighted by Crippen LogP contribution is 2.22. The van der Waals surface area contributed by atoms with Crippen molar-refractivity contribution in [2.24, 2.45) is 0 Å². The second kappa shape index (κ2) is 3.41. The predicted molar refractivity (Wildman–Crippen MR) is 61.9 cm³/mol. The molecule has 3 aromatic rings. The number of hydrogen-bond donors (Lipinski definition) is 1. The number of hydrogen-bond acceptors (Lipinski definition) is 3. The second-order valence-electron chi connectivity index (χ2n) is 3.66. The number of fused-ring (bicyclic) bond motifs is 1. The predicted octanol–water partition coefficient (Wildman–Crippen LogP) is 2.33. The van der Waals surface area contributed by atoms with Gasteiger partial charge in [0.1, 0.15) is 6.33 Å². The van der Waals surface area contributed by atoms with Crippen LogP contribution in [0.3, 0.4) is 0 Å². The summed E-state index contributed by atoms with van der Waals surface area (Å²) in [5.41, 5.74) is 4.04. The quantitative estimate of drug-likeness (QED) is 0.670. The van der Waals surface area contributed by atoms with E-state index in [0.29, 0.717) is 0 Å². The molecule has 0 aliphatic carbocycles. The van der Waals surface area contributed by atoms with Crippen LogP contribution in [0, 0.1) is 6.92 Å². The van der Waals surface area contributed by atoms with Crippen LogP contribution in [0.15, 0.2) is 36.8 Å². The Bertz CT molecular complexity index is 628. The monoisotopic (exact) mass is 210 g/mol. The summed E-state index contributed by atoms with van der Waals surface area (Å²) in [6, 6.07) is 8.06. The van der Waals surface area contributed by atoms with Crippen molar-refractivity contribution in [2.75, 3.05) is 0 Å². The molecule has 0 fully saturated rings. The molecule has 0 aliphatic rings. The lowest BCUT2D eigenvalue weighted by molar-refractivity contribution is 1.07. The number of aryl methyl sites for hydroxylation is 1. The van der Waals surface area contributed by atoms with Gasteiger partial charge in [-0.15, -0.1) is 0 Å². The largest absolute Gasteiger partial charge is 0.278 e. The highest BCUT2D eigenvalue weighted by molar-refractivity contribution is 5.85. The number of benzene rings is 1. The standard InChI is InChI=1S/C12H10N4/c1-8-10-3-2-9(6-12(10)16-15-8)11-4-5-13-7-14-11/h2-7H,1H3,(H,15,16). The lowest BCUT2D eigenvalue weighted by atomic mass is 10.1. The number of aromatic nitrogens is 4. The molecule has 4 heteroatoms. The van der Waals surface area contributed by atoms with Crippen LogP contribution in [0.4, 0.5) is 0 Å². The third-order valence-electron chi connectivity index (χ3n) is 2.63. The van der Waals surface area contributed by atoms with Gasteiger partial charge in [-0.25, -0.2) is 9.97 Å². The van der Waals surface area contributed by atoms with E-state index in [2.05, 4.69) is 32.3 Å². The maximum Gasteiger partial charge on any atom is 0.116 e. The third kappa shape index (κ3) is 1.35. The van der Waals surface area contributed by atoms with Gasteiger partial charge in [-0.3, -0.25) is 5.10 Å². The molecule has 3 rings (SSSR count). The molecule has 0 radical (unpaired) electrons. The SMILES string of the molecule is Cc1n[nH]c2cc(-c3ccncn3)ccc12. The molecule has 2 aromatic heterocycles. The van der Waals surface area contributed by atoms with Crippen LogP contribution in [-0.2, 0) is 0 Å². The number of rotatable bonds is 1. The van der Waals surface area contributed by atoms with E-state index in [1.54, 1.807) is 12.5 Å². The van der Waals surface area contributed by atoms with E-state index in [9.17, 15) is 0 Å². The van der Waals surface area contributed by atoms with Crippen molar-refractivity contribution < 1.29 is 0 Å². The van der Waals surface area contributed by atoms with E-state index in [-0.39, 0.29) is 0 Å². The average molecular weight is 210 g/mol. The Morgan fingerprint density at radius 1 is 1.19 bits per heavy atom. The Kier molecular flexibility index (Phi) is 1.93. The van der Waals surface area contributed by atoms with Gasteiger partial charge < -0.3 is 0 Å². The Hall–Kier alpha value is -2.23. The maximum atomic E-state index is 4.22. The topological polar surface area (TPSA) is 54.5 Å². The molecule has 0 spiro atoms. The van der Waals surface area contributed by atoms with E-state index in [1.807, 2.05) is 19.1 Å². The fourth-order valence-electron chi connectivity index (χ4n) is 1.78. The maximum absolute atomic E-state index is 4.22. The van der Waals surface area contributed by atoms with E-state index in [0.717, 1.165) is 27.9 Å². The Labute approximate surface area is 92.4 Å². The van der Waals surface area contributed by atoms with E-state index < -0.39 is 0 Å². The van der Waals surface area contributed by atoms with Gasteiger partial charge in [0, 0.05) is 17.1 Å². The van der Waals surface area contributed by atoms with Gasteiger partial charge in [-0.2, -0.15) is 5.10 Å². The first-order valence-corrected chi connectivity index (χ1v) is 5.06. The van der Waals surface area contributed by atoms with Crippen LogP contribution in [0.2, 0.25) is 0 Å². The molecule has 0 saturated carbocycles. The zero-order valence-electron chi connectivity index (χ0n) is 8.81. The molecule has 1 aromatic carbocycles. The van der Waals surface area contributed by atoms with Gasteiger partial charge >= 0.3 is 0 Å². The van der Waals surface area contributed by atoms with Crippen molar-refractivity contribution in [2.45, 2.75) is 6.92 Å². The van der Waals surface area contributed by atoms with Gasteiger partial charge in [-0.05, 0) is 19.1 Å². The molecule has 16 heavy (non-hydrogen) atoms. The second-order valence-corrected chi connectivity index (χ2v) is 3.66. The third-order valence-corrected chi connectivity index (χ3v) is 2.63. The van der Waals surface area contributed by atoms with Crippen LogP contribution < -0.4 is 0 Å². The molecular formula is C12H10N4. The molecule has 0 amide bonds. The summed E-state index contributed by atoms with van der Waals surface area (Å²) in [7, 11) is 0. The number of H-pyrrole nitrogens is 1. The van der Waals surface area contributed by atoms with Gasteiger partial charge in [0.15, 0.2) is 0 Å². The highest BCUT2D eigenvalue weighted by atomic mass is 15.1. The Balaban J connectivity index is 2.19. The molecule has 0 aliphatic heterocycles. The summed E-state index contributed by atoms with van der Waals surface area (Å²) in [5.74, 6) is 0. The molecule has 1 N–H and O–H groups in total. The van der Waals surface area contributed by atoms with Crippen molar-refractivity contribution >= 4 is 10.9 Å². The smallest absolute Gasteiger partial charge is 0.116 e. The van der Waals surface area contributed by atoms with Crippen LogP contribution in [0.5, 0.6) is 0 Å². The molecule has 0 atom stereocenters. The minimum absolute atomic E-state index is 0.921. The molecule has 0 unspecified atom stereocenters. The Morgan fingerprint density at radius 2 is 2.12 bits per heavy atom. The van der Waals surface area contributed by atoms with E-state index >= 15 is 0 Å². The summed E-state index contributed by atoms with van der Waals surface area (Å²) in [5, 5.41) is 8.33. The molecule has 4 nitrogen and oxygen atoms in total. The number of aromatic amines is 1. The minimum Gasteiger partial charge on any atom is -0.278 e. The van der Waals surface area contributed by atoms with Crippen LogP contribution >= 0.6 is 0 Å². The van der Waals surface area contributed by atoms with Crippen molar-refractivity contribution in [1.82, 2.24) is 20.2 Å². The molecule has 0 saturated heterocycles. The molecular weight excluding hydrogens is 200 g/mol. The van der Waals surface area contributed by atoms with Crippen LogP contribution in [-0.4, -0.2) is 20.2 Å². The molecule has 2 heterocycles. The summed E-state index contributed by atoms with van der Waals surface area (Å²) in [6.45, 7) is 1.99. The van der Waals surface area contributed by atoms with Gasteiger partial charge in [0.25, 0.3) is 0 Å². The lowest BCUT2D eigenvalue weighted by Crippen LogP contribution is -1.83. The Morgan fingerprint density at radius 3 is 2.94 bits per heavy atom. The highest BCUT2D eigenvalue weighted by Gasteiger charge is 2.04. The van der Waals surface area contributed by atoms with Crippen molar-refractivity contribution in [3.63, 3.8) is 0 Å². The van der Waals surface area contributed by atoms with Crippen molar-refractivity contribution in [3.05, 3.63) is 42.5 Å². The molecule has 0 bridgehead atoms. The first-order valence-electron chi connectivity index (χ1n) is 5.06. The zero-order valence-corrected chi connectivity index (χ0v) is 8.81. The van der Waals surface area contributed by atoms with Gasteiger partial charge in [-0.1, -0.05) is 12.1 Å². The van der Waals surface area contributed by atoms with Crippen LogP contribution in [0.1, 0.15) is 5.69 Å². The summed E-state index contributed by atoms with van der Waals surface area (Å²) in [6.07, 6.45) is 3.29. The first-order chi connectivity index (χ1) is 7.84. The minimum atomic E-state index is 0.921. The fraction of sp³-hybridized carbons (Fsp3) is 0.0833. The number of nitrogens with one attached hydrogen (secondary N) is 1. The van der Waals surface area contributed by atoms with E-state index in [4.69, 9.17) is 0 Å². The lowest BCUT2D eigenvalue weighted by Gasteiger charge is -1.99. The zero-order chi connectivity index (χ0) is 11.0. The van der Waals surface area contributed by atoms with Crippen molar-refractivity contribution in [1.29, 1.82) is 0 Å². The fourth-order valence-corrected chi connectivity index (χ4v) is 1.78.